The minimum absolute atomic E-state index is 0.0591. The molecular weight excluding hydrogens is 334 g/mol. The molecular formula is C16H16BrNO3. The Labute approximate surface area is 131 Å². The molecule has 0 bridgehead atoms. The van der Waals surface area contributed by atoms with Gasteiger partial charge in [0.1, 0.15) is 6.10 Å². The Kier molecular flexibility index (Phi) is 2.91. The van der Waals surface area contributed by atoms with Crippen LogP contribution in [0.3, 0.4) is 0 Å². The SMILES string of the molecule is COc1cc(Br)c2c3c1O[C@@H]1C[C@@H](O)C=C[C@]31CCN=C2. The van der Waals surface area contributed by atoms with Crippen molar-refractivity contribution in [2.75, 3.05) is 13.7 Å². The van der Waals surface area contributed by atoms with Crippen LogP contribution in [-0.4, -0.2) is 37.2 Å². The smallest absolute Gasteiger partial charge is 0.166 e. The number of hydrogen-bond donors (Lipinski definition) is 1. The molecule has 1 N–H and O–H groups in total. The third-order valence-electron chi connectivity index (χ3n) is 4.70. The van der Waals surface area contributed by atoms with Gasteiger partial charge in [0.05, 0.1) is 18.6 Å². The van der Waals surface area contributed by atoms with E-state index in [4.69, 9.17) is 9.47 Å². The lowest BCUT2D eigenvalue weighted by molar-refractivity contribution is 0.0856. The van der Waals surface area contributed by atoms with Crippen LogP contribution in [-0.2, 0) is 5.41 Å². The molecule has 2 heterocycles. The van der Waals surface area contributed by atoms with Crippen molar-refractivity contribution in [2.24, 2.45) is 4.99 Å². The van der Waals surface area contributed by atoms with Crippen LogP contribution in [0.2, 0.25) is 0 Å². The van der Waals surface area contributed by atoms with Crippen molar-refractivity contribution < 1.29 is 14.6 Å². The van der Waals surface area contributed by atoms with Gasteiger partial charge in [0.25, 0.3) is 0 Å². The van der Waals surface area contributed by atoms with Gasteiger partial charge in [-0.1, -0.05) is 12.2 Å². The van der Waals surface area contributed by atoms with E-state index in [0.717, 1.165) is 40.1 Å². The average Bonchev–Trinajstić information content (AvgIpc) is 2.67. The fourth-order valence-corrected chi connectivity index (χ4v) is 4.20. The van der Waals surface area contributed by atoms with Gasteiger partial charge in [-0.15, -0.1) is 0 Å². The van der Waals surface area contributed by atoms with E-state index in [1.807, 2.05) is 18.4 Å². The predicted octanol–water partition coefficient (Wildman–Crippen LogP) is 2.60. The van der Waals surface area contributed by atoms with Crippen molar-refractivity contribution in [3.8, 4) is 11.5 Å². The van der Waals surface area contributed by atoms with Crippen molar-refractivity contribution in [1.82, 2.24) is 0 Å². The first-order valence-corrected chi connectivity index (χ1v) is 7.90. The van der Waals surface area contributed by atoms with Crippen LogP contribution in [0.25, 0.3) is 0 Å². The Morgan fingerprint density at radius 1 is 1.52 bits per heavy atom. The fourth-order valence-electron chi connectivity index (χ4n) is 3.69. The van der Waals surface area contributed by atoms with Crippen LogP contribution in [0.1, 0.15) is 24.0 Å². The zero-order chi connectivity index (χ0) is 14.6. The van der Waals surface area contributed by atoms with E-state index in [-0.39, 0.29) is 11.5 Å². The molecule has 0 aromatic heterocycles. The van der Waals surface area contributed by atoms with Gasteiger partial charge in [-0.05, 0) is 28.4 Å². The predicted molar refractivity (Wildman–Crippen MR) is 83.6 cm³/mol. The number of nitrogens with zero attached hydrogens (tertiary/aromatic N) is 1. The van der Waals surface area contributed by atoms with Gasteiger partial charge in [-0.2, -0.15) is 0 Å². The van der Waals surface area contributed by atoms with E-state index in [0.29, 0.717) is 6.42 Å². The molecule has 4 rings (SSSR count). The van der Waals surface area contributed by atoms with E-state index >= 15 is 0 Å². The number of aliphatic imine (C=N–C) groups is 1. The highest BCUT2D eigenvalue weighted by atomic mass is 79.9. The van der Waals surface area contributed by atoms with Gasteiger partial charge >= 0.3 is 0 Å². The summed E-state index contributed by atoms with van der Waals surface area (Å²) in [6.07, 6.45) is 6.90. The van der Waals surface area contributed by atoms with Crippen LogP contribution >= 0.6 is 15.9 Å². The molecule has 0 unspecified atom stereocenters. The maximum absolute atomic E-state index is 9.95. The van der Waals surface area contributed by atoms with Gasteiger partial charge in [0, 0.05) is 34.8 Å². The highest BCUT2D eigenvalue weighted by Crippen LogP contribution is 2.56. The Bertz CT molecular complexity index is 670. The number of halogens is 1. The highest BCUT2D eigenvalue weighted by molar-refractivity contribution is 9.10. The monoisotopic (exact) mass is 349 g/mol. The Balaban J connectivity index is 2.03. The summed E-state index contributed by atoms with van der Waals surface area (Å²) in [5, 5.41) is 9.95. The highest BCUT2D eigenvalue weighted by Gasteiger charge is 2.52. The standard InChI is InChI=1S/C16H16BrNO3/c1-20-12-7-11(17)10-8-18-5-4-16-3-2-9(19)6-13(16)21-15(12)14(10)16/h2-3,7-9,13,19H,4-6H2,1H3/t9-,13+,16+/m0/s1. The van der Waals surface area contributed by atoms with E-state index in [1.54, 1.807) is 7.11 Å². The van der Waals surface area contributed by atoms with E-state index in [1.165, 1.54) is 0 Å². The van der Waals surface area contributed by atoms with Gasteiger partial charge in [0.2, 0.25) is 0 Å². The van der Waals surface area contributed by atoms with Gasteiger partial charge in [-0.3, -0.25) is 4.99 Å². The lowest BCUT2D eigenvalue weighted by atomic mass is 9.69. The molecule has 4 nitrogen and oxygen atoms in total. The molecule has 3 atom stereocenters. The first kappa shape index (κ1) is 13.3. The van der Waals surface area contributed by atoms with Crippen LogP contribution < -0.4 is 9.47 Å². The van der Waals surface area contributed by atoms with Crippen LogP contribution in [0.15, 0.2) is 27.7 Å². The largest absolute Gasteiger partial charge is 0.493 e. The summed E-state index contributed by atoms with van der Waals surface area (Å²) in [6, 6.07) is 1.93. The Hall–Kier alpha value is -1.33. The molecule has 1 aliphatic carbocycles. The molecule has 5 heteroatoms. The summed E-state index contributed by atoms with van der Waals surface area (Å²) in [5.41, 5.74) is 1.99. The van der Waals surface area contributed by atoms with Crippen molar-refractivity contribution in [3.63, 3.8) is 0 Å². The van der Waals surface area contributed by atoms with E-state index < -0.39 is 6.10 Å². The quantitative estimate of drug-likeness (QED) is 0.793. The molecule has 1 aromatic rings. The number of aliphatic hydroxyl groups is 1. The third kappa shape index (κ3) is 1.74. The maximum Gasteiger partial charge on any atom is 0.166 e. The summed E-state index contributed by atoms with van der Waals surface area (Å²) in [5.74, 6) is 1.53. The molecule has 0 saturated heterocycles. The van der Waals surface area contributed by atoms with Crippen LogP contribution in [0, 0.1) is 0 Å². The molecule has 1 spiro atoms. The van der Waals surface area contributed by atoms with Crippen molar-refractivity contribution in [1.29, 1.82) is 0 Å². The number of benzene rings is 1. The second-order valence-corrected chi connectivity index (χ2v) is 6.63. The summed E-state index contributed by atoms with van der Waals surface area (Å²) < 4.78 is 12.7. The molecule has 0 amide bonds. The molecule has 0 saturated carbocycles. The molecule has 1 aromatic carbocycles. The number of methoxy groups -OCH3 is 1. The summed E-state index contributed by atoms with van der Waals surface area (Å²) in [7, 11) is 1.65. The van der Waals surface area contributed by atoms with E-state index in [9.17, 15) is 5.11 Å². The van der Waals surface area contributed by atoms with Crippen molar-refractivity contribution in [2.45, 2.75) is 30.5 Å². The number of hydrogen-bond acceptors (Lipinski definition) is 4. The summed E-state index contributed by atoms with van der Waals surface area (Å²) in [4.78, 5) is 4.51. The molecule has 0 radical (unpaired) electrons. The van der Waals surface area contributed by atoms with Gasteiger partial charge in [-0.25, -0.2) is 0 Å². The third-order valence-corrected chi connectivity index (χ3v) is 5.36. The lowest BCUT2D eigenvalue weighted by Gasteiger charge is -2.35. The van der Waals surface area contributed by atoms with Gasteiger partial charge < -0.3 is 14.6 Å². The molecule has 110 valence electrons. The number of aliphatic hydroxyl groups excluding tert-OH is 1. The Morgan fingerprint density at radius 3 is 3.19 bits per heavy atom. The molecule has 2 aliphatic heterocycles. The number of ether oxygens (including phenoxy) is 2. The zero-order valence-electron chi connectivity index (χ0n) is 11.7. The van der Waals surface area contributed by atoms with Crippen LogP contribution in [0.4, 0.5) is 0 Å². The maximum atomic E-state index is 9.95. The summed E-state index contributed by atoms with van der Waals surface area (Å²) in [6.45, 7) is 0.753. The van der Waals surface area contributed by atoms with Crippen LogP contribution in [0.5, 0.6) is 11.5 Å². The lowest BCUT2D eigenvalue weighted by Crippen LogP contribution is -2.42. The number of rotatable bonds is 1. The molecule has 3 aliphatic rings. The first-order chi connectivity index (χ1) is 10.2. The second kappa shape index (κ2) is 4.58. The van der Waals surface area contributed by atoms with Crippen molar-refractivity contribution >= 4 is 22.1 Å². The van der Waals surface area contributed by atoms with Gasteiger partial charge in [0.15, 0.2) is 11.5 Å². The topological polar surface area (TPSA) is 51.0 Å². The normalized spacial score (nSPS) is 32.1. The Morgan fingerprint density at radius 2 is 2.38 bits per heavy atom. The first-order valence-electron chi connectivity index (χ1n) is 7.10. The fraction of sp³-hybridized carbons (Fsp3) is 0.438. The minimum atomic E-state index is -0.447. The average molecular weight is 350 g/mol. The zero-order valence-corrected chi connectivity index (χ0v) is 13.3. The molecule has 21 heavy (non-hydrogen) atoms. The summed E-state index contributed by atoms with van der Waals surface area (Å²) >= 11 is 3.62. The van der Waals surface area contributed by atoms with Crippen molar-refractivity contribution in [3.05, 3.63) is 33.8 Å². The second-order valence-electron chi connectivity index (χ2n) is 5.77. The molecule has 0 fully saturated rings. The minimum Gasteiger partial charge on any atom is -0.493 e. The van der Waals surface area contributed by atoms with E-state index in [2.05, 4.69) is 27.0 Å².